The quantitative estimate of drug-likeness (QED) is 0.812. The van der Waals surface area contributed by atoms with E-state index in [2.05, 4.69) is 33.4 Å². The summed E-state index contributed by atoms with van der Waals surface area (Å²) in [5.74, 6) is 1.41. The van der Waals surface area contributed by atoms with Gasteiger partial charge in [-0.15, -0.1) is 0 Å². The van der Waals surface area contributed by atoms with E-state index in [0.717, 1.165) is 24.6 Å². The number of ether oxygens (including phenoxy) is 1. The van der Waals surface area contributed by atoms with Crippen molar-refractivity contribution in [3.05, 3.63) is 34.3 Å². The van der Waals surface area contributed by atoms with Gasteiger partial charge in [-0.05, 0) is 65.4 Å². The van der Waals surface area contributed by atoms with Crippen LogP contribution in [0.25, 0.3) is 0 Å². The molecule has 0 saturated carbocycles. The van der Waals surface area contributed by atoms with Crippen LogP contribution in [0.15, 0.2) is 28.8 Å². The number of hydrogen-bond acceptors (Lipinski definition) is 3. The standard InChI is InChI=1S/C15H20BrNO2/c1-19-14-8-12(7-13(16)15(14)18)10-17-9-11-5-3-2-4-6-11/h2-3,7-8,11,17-18H,4-6,9-10H2,1H3. The Morgan fingerprint density at radius 1 is 1.42 bits per heavy atom. The first-order chi connectivity index (χ1) is 9.20. The molecule has 1 aromatic carbocycles. The molecule has 0 bridgehead atoms. The smallest absolute Gasteiger partial charge is 0.172 e. The van der Waals surface area contributed by atoms with E-state index in [1.807, 2.05) is 12.1 Å². The normalized spacial score (nSPS) is 18.5. The van der Waals surface area contributed by atoms with Gasteiger partial charge in [0.05, 0.1) is 11.6 Å². The van der Waals surface area contributed by atoms with Crippen LogP contribution in [0.4, 0.5) is 0 Å². The Bertz CT molecular complexity index is 460. The van der Waals surface area contributed by atoms with Gasteiger partial charge in [-0.1, -0.05) is 12.2 Å². The van der Waals surface area contributed by atoms with Crippen LogP contribution >= 0.6 is 15.9 Å². The maximum atomic E-state index is 9.75. The summed E-state index contributed by atoms with van der Waals surface area (Å²) in [6, 6.07) is 3.79. The molecule has 1 atom stereocenters. The minimum atomic E-state index is 0.156. The molecule has 19 heavy (non-hydrogen) atoms. The number of benzene rings is 1. The highest BCUT2D eigenvalue weighted by Gasteiger charge is 2.11. The molecule has 0 aromatic heterocycles. The Hall–Kier alpha value is -1.00. The van der Waals surface area contributed by atoms with Crippen LogP contribution in [0.5, 0.6) is 11.5 Å². The van der Waals surface area contributed by atoms with E-state index in [1.54, 1.807) is 7.11 Å². The fourth-order valence-electron chi connectivity index (χ4n) is 2.35. The summed E-state index contributed by atoms with van der Waals surface area (Å²) in [4.78, 5) is 0. The molecule has 0 saturated heterocycles. The number of nitrogens with one attached hydrogen (secondary N) is 1. The Kier molecular flexibility index (Phi) is 5.28. The molecule has 0 spiro atoms. The molecule has 0 radical (unpaired) electrons. The summed E-state index contributed by atoms with van der Waals surface area (Å²) in [6.45, 7) is 1.82. The van der Waals surface area contributed by atoms with Crippen LogP contribution in [-0.4, -0.2) is 18.8 Å². The van der Waals surface area contributed by atoms with Crippen molar-refractivity contribution in [2.75, 3.05) is 13.7 Å². The lowest BCUT2D eigenvalue weighted by Gasteiger charge is -2.18. The van der Waals surface area contributed by atoms with Crippen LogP contribution in [0.2, 0.25) is 0 Å². The second-order valence-corrected chi connectivity index (χ2v) is 5.76. The SMILES string of the molecule is COc1cc(CNCC2CC=CCC2)cc(Br)c1O. The molecule has 3 nitrogen and oxygen atoms in total. The second-order valence-electron chi connectivity index (χ2n) is 4.91. The highest BCUT2D eigenvalue weighted by Crippen LogP contribution is 2.35. The van der Waals surface area contributed by atoms with Gasteiger partial charge in [-0.2, -0.15) is 0 Å². The van der Waals surface area contributed by atoms with Gasteiger partial charge < -0.3 is 15.2 Å². The average molecular weight is 326 g/mol. The lowest BCUT2D eigenvalue weighted by molar-refractivity contribution is 0.371. The number of methoxy groups -OCH3 is 1. The summed E-state index contributed by atoms with van der Waals surface area (Å²) in [5.41, 5.74) is 1.10. The lowest BCUT2D eigenvalue weighted by atomic mass is 9.94. The maximum absolute atomic E-state index is 9.75. The third-order valence-electron chi connectivity index (χ3n) is 3.45. The average Bonchev–Trinajstić information content (AvgIpc) is 2.43. The number of allylic oxidation sites excluding steroid dienone is 2. The summed E-state index contributed by atoms with van der Waals surface area (Å²) in [6.07, 6.45) is 8.18. The molecule has 0 fully saturated rings. The predicted molar refractivity (Wildman–Crippen MR) is 80.5 cm³/mol. The number of hydrogen-bond donors (Lipinski definition) is 2. The van der Waals surface area contributed by atoms with Crippen LogP contribution < -0.4 is 10.1 Å². The van der Waals surface area contributed by atoms with Crippen molar-refractivity contribution in [3.8, 4) is 11.5 Å². The number of aromatic hydroxyl groups is 1. The Morgan fingerprint density at radius 2 is 2.26 bits per heavy atom. The van der Waals surface area contributed by atoms with Gasteiger partial charge in [-0.25, -0.2) is 0 Å². The summed E-state index contributed by atoms with van der Waals surface area (Å²) >= 11 is 3.34. The highest BCUT2D eigenvalue weighted by atomic mass is 79.9. The first-order valence-corrected chi connectivity index (χ1v) is 7.41. The molecule has 2 rings (SSSR count). The largest absolute Gasteiger partial charge is 0.503 e. The van der Waals surface area contributed by atoms with E-state index in [0.29, 0.717) is 10.2 Å². The topological polar surface area (TPSA) is 41.5 Å². The van der Waals surface area contributed by atoms with Crippen molar-refractivity contribution in [1.29, 1.82) is 0 Å². The Labute approximate surface area is 122 Å². The molecule has 0 aliphatic heterocycles. The first kappa shape index (κ1) is 14.4. The monoisotopic (exact) mass is 325 g/mol. The minimum Gasteiger partial charge on any atom is -0.503 e. The zero-order chi connectivity index (χ0) is 13.7. The van der Waals surface area contributed by atoms with Gasteiger partial charge in [0.1, 0.15) is 0 Å². The molecular weight excluding hydrogens is 306 g/mol. The Morgan fingerprint density at radius 3 is 2.95 bits per heavy atom. The van der Waals surface area contributed by atoms with Crippen molar-refractivity contribution in [1.82, 2.24) is 5.32 Å². The highest BCUT2D eigenvalue weighted by molar-refractivity contribution is 9.10. The molecule has 0 heterocycles. The van der Waals surface area contributed by atoms with Crippen LogP contribution in [0.3, 0.4) is 0 Å². The minimum absolute atomic E-state index is 0.156. The van der Waals surface area contributed by atoms with E-state index in [1.165, 1.54) is 19.3 Å². The van der Waals surface area contributed by atoms with Gasteiger partial charge in [0.2, 0.25) is 0 Å². The maximum Gasteiger partial charge on any atom is 0.172 e. The molecule has 1 aliphatic carbocycles. The number of rotatable bonds is 5. The first-order valence-electron chi connectivity index (χ1n) is 6.61. The van der Waals surface area contributed by atoms with Crippen molar-refractivity contribution < 1.29 is 9.84 Å². The fourth-order valence-corrected chi connectivity index (χ4v) is 2.84. The molecule has 4 heteroatoms. The molecule has 1 unspecified atom stereocenters. The number of phenols is 1. The van der Waals surface area contributed by atoms with E-state index in [9.17, 15) is 5.11 Å². The zero-order valence-electron chi connectivity index (χ0n) is 11.2. The third-order valence-corrected chi connectivity index (χ3v) is 4.05. The molecule has 104 valence electrons. The zero-order valence-corrected chi connectivity index (χ0v) is 12.7. The summed E-state index contributed by atoms with van der Waals surface area (Å²) < 4.78 is 5.82. The van der Waals surface area contributed by atoms with E-state index >= 15 is 0 Å². The molecular formula is C15H20BrNO2. The fraction of sp³-hybridized carbons (Fsp3) is 0.467. The van der Waals surface area contributed by atoms with E-state index < -0.39 is 0 Å². The van der Waals surface area contributed by atoms with Crippen LogP contribution in [0, 0.1) is 5.92 Å². The van der Waals surface area contributed by atoms with Crippen LogP contribution in [-0.2, 0) is 6.54 Å². The molecule has 1 aromatic rings. The van der Waals surface area contributed by atoms with Crippen molar-refractivity contribution in [3.63, 3.8) is 0 Å². The van der Waals surface area contributed by atoms with Gasteiger partial charge >= 0.3 is 0 Å². The van der Waals surface area contributed by atoms with Crippen molar-refractivity contribution in [2.45, 2.75) is 25.8 Å². The molecule has 0 amide bonds. The van der Waals surface area contributed by atoms with Crippen molar-refractivity contribution >= 4 is 15.9 Å². The lowest BCUT2D eigenvalue weighted by Crippen LogP contribution is -2.23. The summed E-state index contributed by atoms with van der Waals surface area (Å²) in [5, 5.41) is 13.2. The molecule has 1 aliphatic rings. The third kappa shape index (κ3) is 3.98. The van der Waals surface area contributed by atoms with Crippen LogP contribution in [0.1, 0.15) is 24.8 Å². The van der Waals surface area contributed by atoms with Gasteiger partial charge in [0.15, 0.2) is 11.5 Å². The predicted octanol–water partition coefficient (Wildman–Crippen LogP) is 3.61. The van der Waals surface area contributed by atoms with E-state index in [-0.39, 0.29) is 5.75 Å². The molecule has 2 N–H and O–H groups in total. The summed E-state index contributed by atoms with van der Waals surface area (Å²) in [7, 11) is 1.56. The van der Waals surface area contributed by atoms with Gasteiger partial charge in [0.25, 0.3) is 0 Å². The van der Waals surface area contributed by atoms with E-state index in [4.69, 9.17) is 4.74 Å². The Balaban J connectivity index is 1.88. The second kappa shape index (κ2) is 6.96. The number of phenolic OH excluding ortho intramolecular Hbond substituents is 1. The van der Waals surface area contributed by atoms with Crippen molar-refractivity contribution in [2.24, 2.45) is 5.92 Å². The van der Waals surface area contributed by atoms with Gasteiger partial charge in [0, 0.05) is 6.54 Å². The number of halogens is 1. The van der Waals surface area contributed by atoms with Gasteiger partial charge in [-0.3, -0.25) is 0 Å².